The van der Waals surface area contributed by atoms with Crippen molar-refractivity contribution in [2.45, 2.75) is 18.6 Å². The maximum atomic E-state index is 12.8. The molecule has 9 heteroatoms. The number of para-hydroxylation sites is 1. The molecule has 2 aromatic rings. The number of carbonyl (C=O) groups excluding carboxylic acids is 2. The number of anilines is 1. The first-order chi connectivity index (χ1) is 13.8. The number of sulfonamides is 1. The number of benzene rings is 2. The molecule has 1 saturated heterocycles. The number of primary amides is 1. The zero-order valence-electron chi connectivity index (χ0n) is 15.7. The van der Waals surface area contributed by atoms with E-state index in [1.165, 1.54) is 10.4 Å². The maximum Gasteiger partial charge on any atom is 0.250 e. The van der Waals surface area contributed by atoms with Crippen molar-refractivity contribution in [2.75, 3.05) is 18.4 Å². The van der Waals surface area contributed by atoms with Gasteiger partial charge < -0.3 is 11.1 Å². The smallest absolute Gasteiger partial charge is 0.250 e. The van der Waals surface area contributed by atoms with Gasteiger partial charge in [0.1, 0.15) is 0 Å². The standard InChI is InChI=1S/C20H22ClN3O4S/c21-16-7-3-5-14(11-16)13-29(27,28)24-10-4-6-15(12-24)20(26)23-18-9-2-1-8-17(18)19(22)25/h1-3,5,7-9,11,15H,4,6,10,12-13H2,(H2,22,25)(H,23,26)/t15-/m1/s1. The predicted octanol–water partition coefficient (Wildman–Crippen LogP) is 2.62. The van der Waals surface area contributed by atoms with Crippen LogP contribution in [0.4, 0.5) is 5.69 Å². The Morgan fingerprint density at radius 3 is 2.66 bits per heavy atom. The summed E-state index contributed by atoms with van der Waals surface area (Å²) in [5.74, 6) is -1.66. The lowest BCUT2D eigenvalue weighted by molar-refractivity contribution is -0.120. The third kappa shape index (κ3) is 5.35. The van der Waals surface area contributed by atoms with Crippen LogP contribution in [0.15, 0.2) is 48.5 Å². The number of amides is 2. The average Bonchev–Trinajstić information content (AvgIpc) is 2.68. The molecule has 0 radical (unpaired) electrons. The molecule has 2 amide bonds. The second kappa shape index (κ2) is 8.94. The Labute approximate surface area is 174 Å². The van der Waals surface area contributed by atoms with E-state index in [1.54, 1.807) is 42.5 Å². The molecule has 0 aromatic heterocycles. The van der Waals surface area contributed by atoms with E-state index in [-0.39, 0.29) is 23.8 Å². The number of rotatable bonds is 6. The van der Waals surface area contributed by atoms with Gasteiger partial charge in [-0.05, 0) is 42.7 Å². The van der Waals surface area contributed by atoms with Crippen molar-refractivity contribution in [3.63, 3.8) is 0 Å². The lowest BCUT2D eigenvalue weighted by Gasteiger charge is -2.31. The summed E-state index contributed by atoms with van der Waals surface area (Å²) in [5, 5.41) is 3.19. The van der Waals surface area contributed by atoms with E-state index in [1.807, 2.05) is 0 Å². The first-order valence-corrected chi connectivity index (χ1v) is 11.2. The summed E-state index contributed by atoms with van der Waals surface area (Å²) in [6.07, 6.45) is 1.14. The SMILES string of the molecule is NC(=O)c1ccccc1NC(=O)[C@@H]1CCCN(S(=O)(=O)Cc2cccc(Cl)c2)C1. The van der Waals surface area contributed by atoms with Crippen molar-refractivity contribution >= 4 is 39.1 Å². The fourth-order valence-electron chi connectivity index (χ4n) is 3.38. The molecule has 1 atom stereocenters. The van der Waals surface area contributed by atoms with Crippen LogP contribution in [0.25, 0.3) is 0 Å². The topological polar surface area (TPSA) is 110 Å². The Bertz CT molecular complexity index is 1030. The minimum Gasteiger partial charge on any atom is -0.366 e. The van der Waals surface area contributed by atoms with E-state index < -0.39 is 21.8 Å². The lowest BCUT2D eigenvalue weighted by atomic mass is 9.98. The van der Waals surface area contributed by atoms with Gasteiger partial charge in [-0.25, -0.2) is 12.7 Å². The van der Waals surface area contributed by atoms with Crippen molar-refractivity contribution in [3.05, 3.63) is 64.7 Å². The largest absolute Gasteiger partial charge is 0.366 e. The normalized spacial score (nSPS) is 17.6. The van der Waals surface area contributed by atoms with Gasteiger partial charge in [0.2, 0.25) is 15.9 Å². The summed E-state index contributed by atoms with van der Waals surface area (Å²) in [5.41, 5.74) is 6.47. The predicted molar refractivity (Wildman–Crippen MR) is 112 cm³/mol. The highest BCUT2D eigenvalue weighted by atomic mass is 35.5. The highest BCUT2D eigenvalue weighted by molar-refractivity contribution is 7.88. The van der Waals surface area contributed by atoms with E-state index in [2.05, 4.69) is 5.32 Å². The van der Waals surface area contributed by atoms with Gasteiger partial charge in [0.05, 0.1) is 22.9 Å². The van der Waals surface area contributed by atoms with Crippen LogP contribution < -0.4 is 11.1 Å². The molecule has 1 aliphatic rings. The number of nitrogens with one attached hydrogen (secondary N) is 1. The number of piperidine rings is 1. The molecule has 0 aliphatic carbocycles. The highest BCUT2D eigenvalue weighted by Crippen LogP contribution is 2.24. The molecule has 3 rings (SSSR count). The number of nitrogens with two attached hydrogens (primary N) is 1. The highest BCUT2D eigenvalue weighted by Gasteiger charge is 2.32. The average molecular weight is 436 g/mol. The Balaban J connectivity index is 1.70. The Hall–Kier alpha value is -2.42. The molecule has 0 saturated carbocycles. The molecule has 1 heterocycles. The molecule has 154 valence electrons. The monoisotopic (exact) mass is 435 g/mol. The van der Waals surface area contributed by atoms with Crippen LogP contribution in [0.2, 0.25) is 5.02 Å². The number of hydrogen-bond acceptors (Lipinski definition) is 4. The molecule has 1 aliphatic heterocycles. The van der Waals surface area contributed by atoms with Crippen LogP contribution in [0.1, 0.15) is 28.8 Å². The van der Waals surface area contributed by atoms with Crippen LogP contribution in [-0.2, 0) is 20.6 Å². The zero-order chi connectivity index (χ0) is 21.0. The van der Waals surface area contributed by atoms with E-state index in [9.17, 15) is 18.0 Å². The second-order valence-corrected chi connectivity index (χ2v) is 9.39. The first-order valence-electron chi connectivity index (χ1n) is 9.18. The van der Waals surface area contributed by atoms with E-state index in [0.29, 0.717) is 35.7 Å². The third-order valence-corrected chi connectivity index (χ3v) is 6.89. The molecule has 7 nitrogen and oxygen atoms in total. The molecular formula is C20H22ClN3O4S. The summed E-state index contributed by atoms with van der Waals surface area (Å²) < 4.78 is 27.0. The van der Waals surface area contributed by atoms with Crippen molar-refractivity contribution in [1.29, 1.82) is 0 Å². The van der Waals surface area contributed by atoms with Crippen LogP contribution >= 0.6 is 11.6 Å². The molecule has 2 aromatic carbocycles. The first kappa shape index (κ1) is 21.3. The Morgan fingerprint density at radius 1 is 1.17 bits per heavy atom. The van der Waals surface area contributed by atoms with Gasteiger partial charge in [0, 0.05) is 18.1 Å². The fourth-order valence-corrected chi connectivity index (χ4v) is 5.19. The number of carbonyl (C=O) groups is 2. The maximum absolute atomic E-state index is 12.8. The summed E-state index contributed by atoms with van der Waals surface area (Å²) in [4.78, 5) is 24.3. The Kier molecular flexibility index (Phi) is 6.56. The van der Waals surface area contributed by atoms with Crippen molar-refractivity contribution in [3.8, 4) is 0 Å². The molecule has 0 unspecified atom stereocenters. The molecule has 1 fully saturated rings. The summed E-state index contributed by atoms with van der Waals surface area (Å²) in [6, 6.07) is 13.2. The number of hydrogen-bond donors (Lipinski definition) is 2. The van der Waals surface area contributed by atoms with Crippen LogP contribution in [0.3, 0.4) is 0 Å². The van der Waals surface area contributed by atoms with Gasteiger partial charge in [-0.2, -0.15) is 0 Å². The van der Waals surface area contributed by atoms with Gasteiger partial charge in [0.15, 0.2) is 0 Å². The van der Waals surface area contributed by atoms with Crippen LogP contribution in [-0.4, -0.2) is 37.6 Å². The van der Waals surface area contributed by atoms with Crippen molar-refractivity contribution < 1.29 is 18.0 Å². The molecule has 0 bridgehead atoms. The molecule has 0 spiro atoms. The van der Waals surface area contributed by atoms with E-state index in [0.717, 1.165) is 0 Å². The lowest BCUT2D eigenvalue weighted by Crippen LogP contribution is -2.44. The van der Waals surface area contributed by atoms with Crippen molar-refractivity contribution in [2.24, 2.45) is 11.7 Å². The fraction of sp³-hybridized carbons (Fsp3) is 0.300. The summed E-state index contributed by atoms with van der Waals surface area (Å²) in [7, 11) is -3.59. The zero-order valence-corrected chi connectivity index (χ0v) is 17.2. The second-order valence-electron chi connectivity index (χ2n) is 6.98. The summed E-state index contributed by atoms with van der Waals surface area (Å²) in [6.45, 7) is 0.456. The molecule has 3 N–H and O–H groups in total. The van der Waals surface area contributed by atoms with E-state index >= 15 is 0 Å². The minimum atomic E-state index is -3.59. The van der Waals surface area contributed by atoms with Gasteiger partial charge in [-0.3, -0.25) is 9.59 Å². The minimum absolute atomic E-state index is 0.0907. The number of nitrogens with zero attached hydrogens (tertiary/aromatic N) is 1. The Morgan fingerprint density at radius 2 is 1.93 bits per heavy atom. The van der Waals surface area contributed by atoms with Gasteiger partial charge in [-0.1, -0.05) is 35.9 Å². The third-order valence-electron chi connectivity index (χ3n) is 4.84. The van der Waals surface area contributed by atoms with Crippen LogP contribution in [0.5, 0.6) is 0 Å². The van der Waals surface area contributed by atoms with E-state index in [4.69, 9.17) is 17.3 Å². The summed E-state index contributed by atoms with van der Waals surface area (Å²) >= 11 is 5.94. The molecular weight excluding hydrogens is 414 g/mol. The van der Waals surface area contributed by atoms with Gasteiger partial charge in [0.25, 0.3) is 5.91 Å². The van der Waals surface area contributed by atoms with Crippen LogP contribution in [0, 0.1) is 5.92 Å². The van der Waals surface area contributed by atoms with Gasteiger partial charge >= 0.3 is 0 Å². The quantitative estimate of drug-likeness (QED) is 0.726. The van der Waals surface area contributed by atoms with Crippen molar-refractivity contribution in [1.82, 2.24) is 4.31 Å². The molecule has 29 heavy (non-hydrogen) atoms. The van der Waals surface area contributed by atoms with Gasteiger partial charge in [-0.15, -0.1) is 0 Å². The number of halogens is 1.